The molecule has 0 aliphatic carbocycles. The van der Waals surface area contributed by atoms with Gasteiger partial charge in [-0.1, -0.05) is 52.2 Å². The first-order valence-corrected chi connectivity index (χ1v) is 5.83. The van der Waals surface area contributed by atoms with Crippen molar-refractivity contribution in [3.05, 3.63) is 37.0 Å². The highest BCUT2D eigenvalue weighted by atomic mass is 16.1. The van der Waals surface area contributed by atoms with E-state index in [9.17, 15) is 4.79 Å². The number of rotatable bonds is 7. The molecule has 0 saturated heterocycles. The van der Waals surface area contributed by atoms with Crippen LogP contribution >= 0.6 is 0 Å². The zero-order valence-electron chi connectivity index (χ0n) is 11.0. The summed E-state index contributed by atoms with van der Waals surface area (Å²) >= 11 is 0. The molecule has 0 aromatic heterocycles. The summed E-state index contributed by atoms with van der Waals surface area (Å²) < 4.78 is 0. The van der Waals surface area contributed by atoms with E-state index in [0.29, 0.717) is 6.42 Å². The van der Waals surface area contributed by atoms with Gasteiger partial charge in [-0.15, -0.1) is 0 Å². The predicted octanol–water partition coefficient (Wildman–Crippen LogP) is 3.51. The summed E-state index contributed by atoms with van der Waals surface area (Å²) in [5, 5.41) is 3.13. The number of ketones is 1. The van der Waals surface area contributed by atoms with Gasteiger partial charge in [-0.3, -0.25) is 4.79 Å². The second kappa shape index (κ2) is 11.9. The van der Waals surface area contributed by atoms with Crippen LogP contribution in [-0.4, -0.2) is 18.4 Å². The SMILES string of the molecule is C=C/C=C(\C=C)CC(NCC)C(C)=O.CC.[HH]. The number of allylic oxidation sites excluding steroid dienone is 3. The summed E-state index contributed by atoms with van der Waals surface area (Å²) in [5.41, 5.74) is 1.03. The fourth-order valence-corrected chi connectivity index (χ4v) is 1.21. The van der Waals surface area contributed by atoms with Crippen molar-refractivity contribution in [2.75, 3.05) is 6.54 Å². The van der Waals surface area contributed by atoms with Gasteiger partial charge in [0.15, 0.2) is 0 Å². The zero-order chi connectivity index (χ0) is 13.0. The summed E-state index contributed by atoms with van der Waals surface area (Å²) in [5.74, 6) is 0.156. The fourth-order valence-electron chi connectivity index (χ4n) is 1.21. The maximum absolute atomic E-state index is 11.2. The first-order chi connectivity index (χ1) is 7.65. The Morgan fingerprint density at radius 2 is 2.00 bits per heavy atom. The van der Waals surface area contributed by atoms with Gasteiger partial charge in [0.05, 0.1) is 6.04 Å². The molecule has 0 bridgehead atoms. The van der Waals surface area contributed by atoms with Crippen molar-refractivity contribution in [3.63, 3.8) is 0 Å². The molecule has 0 rings (SSSR count). The van der Waals surface area contributed by atoms with Crippen LogP contribution in [0.4, 0.5) is 0 Å². The molecule has 0 heterocycles. The van der Waals surface area contributed by atoms with Gasteiger partial charge in [-0.05, 0) is 25.5 Å². The summed E-state index contributed by atoms with van der Waals surface area (Å²) in [7, 11) is 0. The molecule has 16 heavy (non-hydrogen) atoms. The number of likely N-dealkylation sites (N-methyl/N-ethyl adjacent to an activating group) is 1. The molecule has 0 fully saturated rings. The highest BCUT2D eigenvalue weighted by Crippen LogP contribution is 2.07. The topological polar surface area (TPSA) is 29.1 Å². The van der Waals surface area contributed by atoms with Crippen LogP contribution in [0.5, 0.6) is 0 Å². The number of Topliss-reactive ketones (excluding diaryl/α,β-unsaturated/α-hetero) is 1. The van der Waals surface area contributed by atoms with Crippen LogP contribution in [-0.2, 0) is 4.79 Å². The van der Waals surface area contributed by atoms with Gasteiger partial charge in [0, 0.05) is 1.43 Å². The maximum Gasteiger partial charge on any atom is 0.147 e. The lowest BCUT2D eigenvalue weighted by molar-refractivity contribution is -0.118. The average molecular weight is 225 g/mol. The van der Waals surface area contributed by atoms with Gasteiger partial charge in [0.1, 0.15) is 5.78 Å². The second-order valence-corrected chi connectivity index (χ2v) is 3.11. The van der Waals surface area contributed by atoms with E-state index in [1.165, 1.54) is 0 Å². The van der Waals surface area contributed by atoms with Crippen molar-refractivity contribution >= 4 is 5.78 Å². The van der Waals surface area contributed by atoms with Crippen molar-refractivity contribution in [3.8, 4) is 0 Å². The van der Waals surface area contributed by atoms with Gasteiger partial charge in [0.25, 0.3) is 0 Å². The minimum atomic E-state index is -0.107. The van der Waals surface area contributed by atoms with E-state index in [1.807, 2.05) is 26.8 Å². The van der Waals surface area contributed by atoms with Gasteiger partial charge in [0.2, 0.25) is 0 Å². The Balaban J connectivity index is -0.000000616. The molecular weight excluding hydrogens is 198 g/mol. The van der Waals surface area contributed by atoms with Gasteiger partial charge < -0.3 is 5.32 Å². The molecule has 0 amide bonds. The smallest absolute Gasteiger partial charge is 0.147 e. The van der Waals surface area contributed by atoms with Crippen LogP contribution in [0.2, 0.25) is 0 Å². The molecule has 0 aromatic rings. The Morgan fingerprint density at radius 3 is 2.31 bits per heavy atom. The van der Waals surface area contributed by atoms with E-state index < -0.39 is 0 Å². The number of carbonyl (C=O) groups excluding carboxylic acids is 1. The Kier molecular flexibility index (Phi) is 12.9. The molecule has 1 N–H and O–H groups in total. The van der Waals surface area contributed by atoms with Gasteiger partial charge in [-0.2, -0.15) is 0 Å². The Labute approximate surface area is 102 Å². The molecule has 1 unspecified atom stereocenters. The first kappa shape index (κ1) is 17.3. The van der Waals surface area contributed by atoms with E-state index in [1.54, 1.807) is 19.1 Å². The Hall–Kier alpha value is -1.15. The molecule has 94 valence electrons. The Bertz CT molecular complexity index is 247. The van der Waals surface area contributed by atoms with Crippen LogP contribution in [0, 0.1) is 0 Å². The zero-order valence-corrected chi connectivity index (χ0v) is 11.0. The van der Waals surface area contributed by atoms with Crippen molar-refractivity contribution in [2.24, 2.45) is 0 Å². The Morgan fingerprint density at radius 1 is 1.44 bits per heavy atom. The molecule has 0 saturated carbocycles. The second-order valence-electron chi connectivity index (χ2n) is 3.11. The number of hydrogen-bond acceptors (Lipinski definition) is 2. The van der Waals surface area contributed by atoms with E-state index in [4.69, 9.17) is 0 Å². The molecule has 2 nitrogen and oxygen atoms in total. The van der Waals surface area contributed by atoms with Crippen molar-refractivity contribution in [1.29, 1.82) is 0 Å². The normalized spacial score (nSPS) is 12.1. The maximum atomic E-state index is 11.2. The number of hydrogen-bond donors (Lipinski definition) is 1. The monoisotopic (exact) mass is 225 g/mol. The molecule has 0 spiro atoms. The van der Waals surface area contributed by atoms with Crippen LogP contribution in [0.15, 0.2) is 37.0 Å². The molecule has 0 aliphatic heterocycles. The standard InChI is InChI=1S/C12H19NO.C2H6.H2/c1-5-8-11(6-2)9-12(10(4)14)13-7-3;1-2;/h5-6,8,12-13H,1-2,7,9H2,3-4H3;1-2H3;1H/b11-8+;;. The third-order valence-corrected chi connectivity index (χ3v) is 1.98. The van der Waals surface area contributed by atoms with Gasteiger partial charge in [-0.25, -0.2) is 0 Å². The lowest BCUT2D eigenvalue weighted by Gasteiger charge is -2.14. The fraction of sp³-hybridized carbons (Fsp3) is 0.500. The van der Waals surface area contributed by atoms with Crippen molar-refractivity contribution in [1.82, 2.24) is 5.32 Å². The largest absolute Gasteiger partial charge is 0.307 e. The molecule has 0 aromatic carbocycles. The molecule has 0 radical (unpaired) electrons. The average Bonchev–Trinajstić information content (AvgIpc) is 2.30. The van der Waals surface area contributed by atoms with Crippen LogP contribution < -0.4 is 5.32 Å². The highest BCUT2D eigenvalue weighted by molar-refractivity contribution is 5.81. The van der Waals surface area contributed by atoms with Crippen LogP contribution in [0.1, 0.15) is 35.5 Å². The predicted molar refractivity (Wildman–Crippen MR) is 74.7 cm³/mol. The number of carbonyl (C=O) groups is 1. The van der Waals surface area contributed by atoms with Crippen molar-refractivity contribution in [2.45, 2.75) is 40.2 Å². The minimum absolute atomic E-state index is 0. The molecular formula is C14H27NO. The highest BCUT2D eigenvalue weighted by Gasteiger charge is 2.12. The van der Waals surface area contributed by atoms with Crippen LogP contribution in [0.3, 0.4) is 0 Å². The molecule has 2 heteroatoms. The lowest BCUT2D eigenvalue weighted by atomic mass is 10.0. The quantitative estimate of drug-likeness (QED) is 0.672. The third kappa shape index (κ3) is 8.18. The summed E-state index contributed by atoms with van der Waals surface area (Å²) in [6.45, 7) is 15.7. The van der Waals surface area contributed by atoms with Crippen LogP contribution in [0.25, 0.3) is 0 Å². The van der Waals surface area contributed by atoms with Gasteiger partial charge >= 0.3 is 0 Å². The van der Waals surface area contributed by atoms with E-state index >= 15 is 0 Å². The molecule has 0 aliphatic rings. The minimum Gasteiger partial charge on any atom is -0.307 e. The van der Waals surface area contributed by atoms with Crippen molar-refractivity contribution < 1.29 is 6.22 Å². The summed E-state index contributed by atoms with van der Waals surface area (Å²) in [6, 6.07) is -0.107. The third-order valence-electron chi connectivity index (χ3n) is 1.98. The lowest BCUT2D eigenvalue weighted by Crippen LogP contribution is -2.35. The number of nitrogens with one attached hydrogen (secondary N) is 1. The first-order valence-electron chi connectivity index (χ1n) is 5.83. The molecule has 1 atom stereocenters. The summed E-state index contributed by atoms with van der Waals surface area (Å²) in [4.78, 5) is 11.2. The van der Waals surface area contributed by atoms with E-state index in [0.717, 1.165) is 12.1 Å². The van der Waals surface area contributed by atoms with E-state index in [-0.39, 0.29) is 13.3 Å². The summed E-state index contributed by atoms with van der Waals surface area (Å²) in [6.07, 6.45) is 6.02. The van der Waals surface area contributed by atoms with E-state index in [2.05, 4.69) is 18.5 Å².